The number of nitrogens with zero attached hydrogens (tertiary/aromatic N) is 2. The Morgan fingerprint density at radius 2 is 1.73 bits per heavy atom. The van der Waals surface area contributed by atoms with Crippen molar-refractivity contribution in [1.29, 1.82) is 0 Å². The van der Waals surface area contributed by atoms with E-state index in [2.05, 4.69) is 14.9 Å². The standard InChI is InChI=1S/C21H28N4O4S/c1-4-29-18-8-6-17(7-9-18)23-21(26)16-5-10-19(20(15-16)30(27,28)22-2)25-13-11-24(3)12-14-25/h5-10,15,22H,4,11-14H2,1-3H3,(H,23,26). The Hall–Kier alpha value is -2.62. The molecule has 30 heavy (non-hydrogen) atoms. The third kappa shape index (κ3) is 5.10. The van der Waals surface area contributed by atoms with E-state index in [0.717, 1.165) is 31.9 Å². The highest BCUT2D eigenvalue weighted by Gasteiger charge is 2.24. The van der Waals surface area contributed by atoms with Gasteiger partial charge in [-0.2, -0.15) is 0 Å². The van der Waals surface area contributed by atoms with Gasteiger partial charge in [0.25, 0.3) is 5.91 Å². The molecule has 1 fully saturated rings. The molecule has 2 N–H and O–H groups in total. The van der Waals surface area contributed by atoms with Gasteiger partial charge in [0.2, 0.25) is 10.0 Å². The van der Waals surface area contributed by atoms with Gasteiger partial charge >= 0.3 is 0 Å². The number of ether oxygens (including phenoxy) is 1. The minimum absolute atomic E-state index is 0.105. The van der Waals surface area contributed by atoms with Gasteiger partial charge in [0, 0.05) is 37.4 Å². The molecule has 0 radical (unpaired) electrons. The van der Waals surface area contributed by atoms with Crippen LogP contribution in [0.25, 0.3) is 0 Å². The topological polar surface area (TPSA) is 91.0 Å². The molecule has 2 aromatic rings. The molecule has 0 atom stereocenters. The van der Waals surface area contributed by atoms with Gasteiger partial charge in [0.15, 0.2) is 0 Å². The molecule has 0 spiro atoms. The van der Waals surface area contributed by atoms with Crippen molar-refractivity contribution in [3.8, 4) is 5.75 Å². The lowest BCUT2D eigenvalue weighted by Crippen LogP contribution is -2.45. The maximum atomic E-state index is 12.7. The van der Waals surface area contributed by atoms with E-state index in [-0.39, 0.29) is 16.4 Å². The Labute approximate surface area is 177 Å². The van der Waals surface area contributed by atoms with Crippen molar-refractivity contribution >= 4 is 27.3 Å². The largest absolute Gasteiger partial charge is 0.494 e. The molecule has 1 heterocycles. The summed E-state index contributed by atoms with van der Waals surface area (Å²) < 4.78 is 33.1. The van der Waals surface area contributed by atoms with Crippen molar-refractivity contribution in [2.24, 2.45) is 0 Å². The summed E-state index contributed by atoms with van der Waals surface area (Å²) in [5, 5.41) is 2.80. The third-order valence-corrected chi connectivity index (χ3v) is 6.49. The number of amides is 1. The number of hydrogen-bond acceptors (Lipinski definition) is 6. The quantitative estimate of drug-likeness (QED) is 0.696. The van der Waals surface area contributed by atoms with Crippen molar-refractivity contribution < 1.29 is 17.9 Å². The average molecular weight is 433 g/mol. The van der Waals surface area contributed by atoms with Gasteiger partial charge in [-0.3, -0.25) is 4.79 Å². The summed E-state index contributed by atoms with van der Waals surface area (Å²) >= 11 is 0. The highest BCUT2D eigenvalue weighted by atomic mass is 32.2. The first-order chi connectivity index (χ1) is 14.3. The summed E-state index contributed by atoms with van der Waals surface area (Å²) in [4.78, 5) is 17.1. The molecule has 2 aromatic carbocycles. The minimum atomic E-state index is -3.73. The van der Waals surface area contributed by atoms with E-state index in [4.69, 9.17) is 4.74 Å². The molecule has 0 saturated carbocycles. The molecule has 0 aliphatic carbocycles. The molecular formula is C21H28N4O4S. The van der Waals surface area contributed by atoms with E-state index in [9.17, 15) is 13.2 Å². The lowest BCUT2D eigenvalue weighted by atomic mass is 10.1. The number of nitrogens with one attached hydrogen (secondary N) is 2. The molecule has 1 aliphatic rings. The smallest absolute Gasteiger partial charge is 0.255 e. The van der Waals surface area contributed by atoms with Crippen molar-refractivity contribution in [1.82, 2.24) is 9.62 Å². The first-order valence-corrected chi connectivity index (χ1v) is 11.4. The van der Waals surface area contributed by atoms with E-state index in [1.165, 1.54) is 13.1 Å². The van der Waals surface area contributed by atoms with E-state index in [0.29, 0.717) is 18.0 Å². The van der Waals surface area contributed by atoms with Crippen LogP contribution in [0.15, 0.2) is 47.4 Å². The van der Waals surface area contributed by atoms with Crippen LogP contribution >= 0.6 is 0 Å². The molecule has 1 aliphatic heterocycles. The number of likely N-dealkylation sites (N-methyl/N-ethyl adjacent to an activating group) is 1. The highest BCUT2D eigenvalue weighted by Crippen LogP contribution is 2.28. The molecule has 0 bridgehead atoms. The van der Waals surface area contributed by atoms with Crippen molar-refractivity contribution in [2.45, 2.75) is 11.8 Å². The van der Waals surface area contributed by atoms with Crippen LogP contribution in [0.3, 0.4) is 0 Å². The minimum Gasteiger partial charge on any atom is -0.494 e. The van der Waals surface area contributed by atoms with Gasteiger partial charge in [-0.25, -0.2) is 13.1 Å². The first-order valence-electron chi connectivity index (χ1n) is 9.89. The fourth-order valence-corrected chi connectivity index (χ4v) is 4.27. The number of carbonyl (C=O) groups excluding carboxylic acids is 1. The van der Waals surface area contributed by atoms with Gasteiger partial charge in [-0.05, 0) is 63.5 Å². The van der Waals surface area contributed by atoms with Gasteiger partial charge in [0.05, 0.1) is 12.3 Å². The third-order valence-electron chi connectivity index (χ3n) is 5.05. The van der Waals surface area contributed by atoms with Gasteiger partial charge in [-0.1, -0.05) is 0 Å². The summed E-state index contributed by atoms with van der Waals surface area (Å²) in [5.41, 5.74) is 1.48. The Morgan fingerprint density at radius 1 is 1.07 bits per heavy atom. The Kier molecular flexibility index (Phi) is 6.96. The molecule has 9 heteroatoms. The molecule has 8 nitrogen and oxygen atoms in total. The summed E-state index contributed by atoms with van der Waals surface area (Å²) in [7, 11) is -0.325. The van der Waals surface area contributed by atoms with Gasteiger partial charge in [0.1, 0.15) is 10.6 Å². The molecule has 0 aromatic heterocycles. The monoisotopic (exact) mass is 432 g/mol. The van der Waals surface area contributed by atoms with Crippen LogP contribution in [0, 0.1) is 0 Å². The lowest BCUT2D eigenvalue weighted by Gasteiger charge is -2.35. The SMILES string of the molecule is CCOc1ccc(NC(=O)c2ccc(N3CCN(C)CC3)c(S(=O)(=O)NC)c2)cc1. The summed E-state index contributed by atoms with van der Waals surface area (Å²) in [6.07, 6.45) is 0. The van der Waals surface area contributed by atoms with Gasteiger partial charge < -0.3 is 19.9 Å². The second kappa shape index (κ2) is 9.46. The van der Waals surface area contributed by atoms with Crippen LogP contribution in [-0.4, -0.2) is 66.1 Å². The number of rotatable bonds is 7. The molecule has 162 valence electrons. The number of anilines is 2. The number of piperazine rings is 1. The fraction of sp³-hybridized carbons (Fsp3) is 0.381. The van der Waals surface area contributed by atoms with Crippen molar-refractivity contribution in [2.75, 3.05) is 57.1 Å². The second-order valence-electron chi connectivity index (χ2n) is 7.09. The first kappa shape index (κ1) is 22.1. The van der Waals surface area contributed by atoms with Crippen LogP contribution < -0.4 is 19.7 Å². The summed E-state index contributed by atoms with van der Waals surface area (Å²) in [6.45, 7) is 5.60. The Balaban J connectivity index is 1.86. The maximum Gasteiger partial charge on any atom is 0.255 e. The Morgan fingerprint density at radius 3 is 2.33 bits per heavy atom. The van der Waals surface area contributed by atoms with E-state index in [1.807, 2.05) is 18.9 Å². The zero-order valence-corrected chi connectivity index (χ0v) is 18.3. The van der Waals surface area contributed by atoms with Gasteiger partial charge in [-0.15, -0.1) is 0 Å². The predicted molar refractivity (Wildman–Crippen MR) is 118 cm³/mol. The predicted octanol–water partition coefficient (Wildman–Crippen LogP) is 2.00. The zero-order valence-electron chi connectivity index (χ0n) is 17.5. The van der Waals surface area contributed by atoms with Crippen LogP contribution in [0.5, 0.6) is 5.75 Å². The highest BCUT2D eigenvalue weighted by molar-refractivity contribution is 7.89. The number of sulfonamides is 1. The molecule has 1 amide bonds. The molecular weight excluding hydrogens is 404 g/mol. The van der Waals surface area contributed by atoms with Crippen molar-refractivity contribution in [3.05, 3.63) is 48.0 Å². The molecule has 0 unspecified atom stereocenters. The number of hydrogen-bond donors (Lipinski definition) is 2. The maximum absolute atomic E-state index is 12.7. The van der Waals surface area contributed by atoms with Crippen molar-refractivity contribution in [3.63, 3.8) is 0 Å². The average Bonchev–Trinajstić information content (AvgIpc) is 2.75. The second-order valence-corrected chi connectivity index (χ2v) is 8.95. The number of benzene rings is 2. The summed E-state index contributed by atoms with van der Waals surface area (Å²) in [5.74, 6) is 0.339. The molecule has 3 rings (SSSR count). The van der Waals surface area contributed by atoms with E-state index in [1.54, 1.807) is 36.4 Å². The Bertz CT molecular complexity index is 985. The van der Waals surface area contributed by atoms with Crippen LogP contribution in [0.4, 0.5) is 11.4 Å². The van der Waals surface area contributed by atoms with E-state index < -0.39 is 10.0 Å². The van der Waals surface area contributed by atoms with Crippen LogP contribution in [0.1, 0.15) is 17.3 Å². The van der Waals surface area contributed by atoms with Crippen LogP contribution in [0.2, 0.25) is 0 Å². The molecule has 1 saturated heterocycles. The fourth-order valence-electron chi connectivity index (χ4n) is 3.29. The zero-order chi connectivity index (χ0) is 21.7. The normalized spacial score (nSPS) is 15.1. The summed E-state index contributed by atoms with van der Waals surface area (Å²) in [6, 6.07) is 11.8. The lowest BCUT2D eigenvalue weighted by molar-refractivity contribution is 0.102. The number of carbonyl (C=O) groups is 1. The van der Waals surface area contributed by atoms with Crippen LogP contribution in [-0.2, 0) is 10.0 Å². The van der Waals surface area contributed by atoms with E-state index >= 15 is 0 Å².